The van der Waals surface area contributed by atoms with Crippen LogP contribution >= 0.6 is 11.6 Å². The summed E-state index contributed by atoms with van der Waals surface area (Å²) >= 11 is 5.95. The molecule has 1 aliphatic rings. The maximum absolute atomic E-state index is 5.95. The molecule has 0 aromatic heterocycles. The molecule has 1 fully saturated rings. The van der Waals surface area contributed by atoms with Crippen LogP contribution in [-0.2, 0) is 0 Å². The normalized spacial score (nSPS) is 29.6. The van der Waals surface area contributed by atoms with E-state index in [2.05, 4.69) is 38.1 Å². The summed E-state index contributed by atoms with van der Waals surface area (Å²) in [5.74, 6) is 1.47. The van der Waals surface area contributed by atoms with Crippen molar-refractivity contribution in [3.8, 4) is 0 Å². The predicted molar refractivity (Wildman–Crippen MR) is 74.7 cm³/mol. The van der Waals surface area contributed by atoms with Crippen LogP contribution in [0.1, 0.15) is 37.7 Å². The molecule has 1 nitrogen and oxygen atoms in total. The Hall–Kier alpha value is -0.530. The van der Waals surface area contributed by atoms with E-state index in [-0.39, 0.29) is 0 Å². The van der Waals surface area contributed by atoms with Crippen molar-refractivity contribution < 1.29 is 0 Å². The summed E-state index contributed by atoms with van der Waals surface area (Å²) in [4.78, 5) is 2.37. The lowest BCUT2D eigenvalue weighted by atomic mass is 9.74. The van der Waals surface area contributed by atoms with Gasteiger partial charge in [0, 0.05) is 11.1 Å². The van der Waals surface area contributed by atoms with Gasteiger partial charge in [-0.05, 0) is 62.9 Å². The van der Waals surface area contributed by atoms with Gasteiger partial charge in [-0.15, -0.1) is 0 Å². The number of hydrogen-bond donors (Lipinski definition) is 0. The maximum Gasteiger partial charge on any atom is 0.0406 e. The molecule has 1 aliphatic carbocycles. The fourth-order valence-corrected chi connectivity index (χ4v) is 3.17. The molecule has 0 heterocycles. The number of nitrogens with zero attached hydrogens (tertiary/aromatic N) is 1. The van der Waals surface area contributed by atoms with Crippen molar-refractivity contribution in [2.75, 3.05) is 14.1 Å². The van der Waals surface area contributed by atoms with Crippen LogP contribution in [-0.4, -0.2) is 25.0 Å². The van der Waals surface area contributed by atoms with Crippen molar-refractivity contribution in [2.45, 2.75) is 38.1 Å². The third-order valence-electron chi connectivity index (χ3n) is 4.17. The second-order valence-electron chi connectivity index (χ2n) is 5.57. The molecule has 0 N–H and O–H groups in total. The van der Waals surface area contributed by atoms with Gasteiger partial charge in [0.15, 0.2) is 0 Å². The standard InChI is InChI=1S/C15H22ClN/c1-11-10-14(17(2)3)8-9-15(11)12-4-6-13(16)7-5-12/h4-7,11,14-15H,8-10H2,1-3H3. The number of halogens is 1. The fourth-order valence-electron chi connectivity index (χ4n) is 3.04. The summed E-state index contributed by atoms with van der Waals surface area (Å²) in [5, 5.41) is 0.836. The zero-order valence-corrected chi connectivity index (χ0v) is 11.7. The molecule has 94 valence electrons. The molecule has 0 spiro atoms. The molecule has 17 heavy (non-hydrogen) atoms. The van der Waals surface area contributed by atoms with Gasteiger partial charge in [-0.3, -0.25) is 0 Å². The molecular formula is C15H22ClN. The van der Waals surface area contributed by atoms with E-state index in [0.717, 1.165) is 17.0 Å². The van der Waals surface area contributed by atoms with Crippen LogP contribution in [0.5, 0.6) is 0 Å². The van der Waals surface area contributed by atoms with Crippen LogP contribution < -0.4 is 0 Å². The van der Waals surface area contributed by atoms with E-state index in [0.29, 0.717) is 5.92 Å². The lowest BCUT2D eigenvalue weighted by molar-refractivity contribution is 0.175. The largest absolute Gasteiger partial charge is 0.306 e. The molecule has 0 saturated heterocycles. The van der Waals surface area contributed by atoms with E-state index in [1.807, 2.05) is 12.1 Å². The summed E-state index contributed by atoms with van der Waals surface area (Å²) < 4.78 is 0. The Morgan fingerprint density at radius 3 is 2.29 bits per heavy atom. The van der Waals surface area contributed by atoms with Crippen molar-refractivity contribution in [2.24, 2.45) is 5.92 Å². The highest BCUT2D eigenvalue weighted by Gasteiger charge is 2.29. The van der Waals surface area contributed by atoms with Gasteiger partial charge in [-0.1, -0.05) is 30.7 Å². The van der Waals surface area contributed by atoms with Crippen molar-refractivity contribution in [3.63, 3.8) is 0 Å². The van der Waals surface area contributed by atoms with Gasteiger partial charge in [0.25, 0.3) is 0 Å². The minimum Gasteiger partial charge on any atom is -0.306 e. The Bertz CT molecular complexity index is 358. The Morgan fingerprint density at radius 1 is 1.12 bits per heavy atom. The van der Waals surface area contributed by atoms with Crippen molar-refractivity contribution in [1.82, 2.24) is 4.90 Å². The average molecular weight is 252 g/mol. The highest BCUT2D eigenvalue weighted by atomic mass is 35.5. The summed E-state index contributed by atoms with van der Waals surface area (Å²) in [6.07, 6.45) is 3.91. The number of benzene rings is 1. The molecule has 0 bridgehead atoms. The first-order chi connectivity index (χ1) is 8.08. The Morgan fingerprint density at radius 2 is 1.76 bits per heavy atom. The molecule has 0 amide bonds. The Kier molecular flexibility index (Phi) is 4.11. The van der Waals surface area contributed by atoms with Crippen LogP contribution in [0.15, 0.2) is 24.3 Å². The first-order valence-electron chi connectivity index (χ1n) is 6.50. The summed E-state index contributed by atoms with van der Waals surface area (Å²) in [5.41, 5.74) is 1.46. The van der Waals surface area contributed by atoms with Gasteiger partial charge < -0.3 is 4.90 Å². The second kappa shape index (κ2) is 5.41. The highest BCUT2D eigenvalue weighted by Crippen LogP contribution is 2.38. The molecule has 1 aromatic rings. The quantitative estimate of drug-likeness (QED) is 0.763. The van der Waals surface area contributed by atoms with Crippen LogP contribution in [0.25, 0.3) is 0 Å². The highest BCUT2D eigenvalue weighted by molar-refractivity contribution is 6.30. The van der Waals surface area contributed by atoms with Crippen LogP contribution in [0.4, 0.5) is 0 Å². The molecule has 2 heteroatoms. The Balaban J connectivity index is 2.06. The maximum atomic E-state index is 5.95. The van der Waals surface area contributed by atoms with E-state index in [9.17, 15) is 0 Å². The molecule has 3 atom stereocenters. The van der Waals surface area contributed by atoms with Crippen molar-refractivity contribution >= 4 is 11.6 Å². The van der Waals surface area contributed by atoms with E-state index in [1.165, 1.54) is 24.8 Å². The van der Waals surface area contributed by atoms with Gasteiger partial charge in [-0.2, -0.15) is 0 Å². The fraction of sp³-hybridized carbons (Fsp3) is 0.600. The summed E-state index contributed by atoms with van der Waals surface area (Å²) in [6, 6.07) is 9.18. The molecule has 1 aromatic carbocycles. The molecule has 1 saturated carbocycles. The van der Waals surface area contributed by atoms with Gasteiger partial charge in [0.05, 0.1) is 0 Å². The lowest BCUT2D eigenvalue weighted by Gasteiger charge is -2.37. The first kappa shape index (κ1) is 12.9. The smallest absolute Gasteiger partial charge is 0.0406 e. The predicted octanol–water partition coefficient (Wildman–Crippen LogP) is 4.17. The van der Waals surface area contributed by atoms with E-state index >= 15 is 0 Å². The van der Waals surface area contributed by atoms with E-state index in [4.69, 9.17) is 11.6 Å². The zero-order chi connectivity index (χ0) is 12.4. The van der Waals surface area contributed by atoms with Gasteiger partial charge in [0.1, 0.15) is 0 Å². The third-order valence-corrected chi connectivity index (χ3v) is 4.42. The van der Waals surface area contributed by atoms with Crippen molar-refractivity contribution in [1.29, 1.82) is 0 Å². The van der Waals surface area contributed by atoms with Crippen LogP contribution in [0.2, 0.25) is 5.02 Å². The SMILES string of the molecule is CC1CC(N(C)C)CCC1c1ccc(Cl)cc1. The molecule has 0 aliphatic heterocycles. The number of hydrogen-bond acceptors (Lipinski definition) is 1. The van der Waals surface area contributed by atoms with Crippen LogP contribution in [0.3, 0.4) is 0 Å². The summed E-state index contributed by atoms with van der Waals surface area (Å²) in [7, 11) is 4.39. The van der Waals surface area contributed by atoms with E-state index < -0.39 is 0 Å². The second-order valence-corrected chi connectivity index (χ2v) is 6.00. The van der Waals surface area contributed by atoms with Gasteiger partial charge >= 0.3 is 0 Å². The van der Waals surface area contributed by atoms with Gasteiger partial charge in [0.2, 0.25) is 0 Å². The van der Waals surface area contributed by atoms with Crippen LogP contribution in [0, 0.1) is 5.92 Å². The first-order valence-corrected chi connectivity index (χ1v) is 6.87. The third kappa shape index (κ3) is 3.02. The Labute approximate surface area is 110 Å². The minimum atomic E-state index is 0.712. The monoisotopic (exact) mass is 251 g/mol. The minimum absolute atomic E-state index is 0.712. The topological polar surface area (TPSA) is 3.24 Å². The average Bonchev–Trinajstić information content (AvgIpc) is 2.30. The molecule has 2 rings (SSSR count). The number of rotatable bonds is 2. The molecular weight excluding hydrogens is 230 g/mol. The molecule has 3 unspecified atom stereocenters. The summed E-state index contributed by atoms with van der Waals surface area (Å²) in [6.45, 7) is 2.38. The van der Waals surface area contributed by atoms with Gasteiger partial charge in [-0.25, -0.2) is 0 Å². The van der Waals surface area contributed by atoms with Crippen molar-refractivity contribution in [3.05, 3.63) is 34.9 Å². The van der Waals surface area contributed by atoms with E-state index in [1.54, 1.807) is 0 Å². The molecule has 0 radical (unpaired) electrons. The zero-order valence-electron chi connectivity index (χ0n) is 11.0. The lowest BCUT2D eigenvalue weighted by Crippen LogP contribution is -2.35.